The molecule has 0 spiro atoms. The summed E-state index contributed by atoms with van der Waals surface area (Å²) in [6, 6.07) is 0. The van der Waals surface area contributed by atoms with Crippen molar-refractivity contribution in [2.45, 2.75) is 264 Å². The zero-order valence-electron chi connectivity index (χ0n) is 43.2. The molecule has 0 bridgehead atoms. The highest BCUT2D eigenvalue weighted by atomic mass is 16.6. The van der Waals surface area contributed by atoms with E-state index >= 15 is 0 Å². The van der Waals surface area contributed by atoms with E-state index in [9.17, 15) is 14.4 Å². The van der Waals surface area contributed by atoms with Crippen LogP contribution in [0.3, 0.4) is 0 Å². The molecule has 0 fully saturated rings. The largest absolute Gasteiger partial charge is 0.462 e. The first kappa shape index (κ1) is 62.6. The van der Waals surface area contributed by atoms with Gasteiger partial charge in [0.2, 0.25) is 0 Å². The molecule has 0 N–H and O–H groups in total. The number of carbonyl (C=O) groups is 3. The Kier molecular flexibility index (Phi) is 51.4. The molecule has 66 heavy (non-hydrogen) atoms. The Hall–Kier alpha value is -3.41. The molecular formula is C60H102O6. The van der Waals surface area contributed by atoms with Gasteiger partial charge in [0.1, 0.15) is 13.2 Å². The van der Waals surface area contributed by atoms with Crippen LogP contribution in [0.2, 0.25) is 0 Å². The average Bonchev–Trinajstić information content (AvgIpc) is 3.31. The highest BCUT2D eigenvalue weighted by molar-refractivity contribution is 5.71. The molecule has 0 aromatic carbocycles. The predicted molar refractivity (Wildman–Crippen MR) is 284 cm³/mol. The highest BCUT2D eigenvalue weighted by Gasteiger charge is 2.19. The maximum Gasteiger partial charge on any atom is 0.306 e. The quantitative estimate of drug-likeness (QED) is 0.0262. The average molecular weight is 919 g/mol. The van der Waals surface area contributed by atoms with Crippen molar-refractivity contribution < 1.29 is 28.6 Å². The van der Waals surface area contributed by atoms with Gasteiger partial charge in [-0.1, -0.05) is 215 Å². The Morgan fingerprint density at radius 2 is 0.606 bits per heavy atom. The summed E-state index contributed by atoms with van der Waals surface area (Å²) in [5.74, 6) is -0.938. The van der Waals surface area contributed by atoms with Crippen LogP contribution >= 0.6 is 0 Å². The van der Waals surface area contributed by atoms with Gasteiger partial charge in [0, 0.05) is 19.3 Å². The van der Waals surface area contributed by atoms with Gasteiger partial charge in [-0.05, 0) is 109 Å². The van der Waals surface area contributed by atoms with E-state index in [2.05, 4.69) is 106 Å². The number of esters is 3. The second-order valence-electron chi connectivity index (χ2n) is 18.1. The van der Waals surface area contributed by atoms with Gasteiger partial charge in [0.25, 0.3) is 0 Å². The summed E-state index contributed by atoms with van der Waals surface area (Å²) in [6.07, 6.45) is 70.0. The second-order valence-corrected chi connectivity index (χ2v) is 18.1. The number of hydrogen-bond acceptors (Lipinski definition) is 6. The van der Waals surface area contributed by atoms with Crippen molar-refractivity contribution in [1.82, 2.24) is 0 Å². The van der Waals surface area contributed by atoms with Gasteiger partial charge < -0.3 is 14.2 Å². The maximum atomic E-state index is 12.8. The van der Waals surface area contributed by atoms with Crippen molar-refractivity contribution in [3.05, 3.63) is 85.1 Å². The molecule has 6 heteroatoms. The minimum Gasteiger partial charge on any atom is -0.462 e. The smallest absolute Gasteiger partial charge is 0.306 e. The van der Waals surface area contributed by atoms with E-state index < -0.39 is 6.10 Å². The first-order chi connectivity index (χ1) is 32.5. The number of unbranched alkanes of at least 4 members (excludes halogenated alkanes) is 24. The lowest BCUT2D eigenvalue weighted by atomic mass is 10.1. The predicted octanol–water partition coefficient (Wildman–Crippen LogP) is 18.4. The van der Waals surface area contributed by atoms with Gasteiger partial charge in [0.05, 0.1) is 0 Å². The van der Waals surface area contributed by atoms with Crippen LogP contribution in [-0.4, -0.2) is 37.2 Å². The fourth-order valence-electron chi connectivity index (χ4n) is 7.44. The normalized spacial score (nSPS) is 12.7. The van der Waals surface area contributed by atoms with Crippen LogP contribution in [0.5, 0.6) is 0 Å². The summed E-state index contributed by atoms with van der Waals surface area (Å²) >= 11 is 0. The van der Waals surface area contributed by atoms with Crippen LogP contribution in [-0.2, 0) is 28.6 Å². The van der Waals surface area contributed by atoms with Crippen molar-refractivity contribution in [1.29, 1.82) is 0 Å². The number of allylic oxidation sites excluding steroid dienone is 14. The van der Waals surface area contributed by atoms with E-state index in [1.54, 1.807) is 0 Å². The van der Waals surface area contributed by atoms with E-state index in [0.29, 0.717) is 19.3 Å². The third kappa shape index (κ3) is 51.6. The molecule has 0 aliphatic carbocycles. The fraction of sp³-hybridized carbons (Fsp3) is 0.717. The van der Waals surface area contributed by atoms with Gasteiger partial charge in [0.15, 0.2) is 6.10 Å². The zero-order valence-corrected chi connectivity index (χ0v) is 43.2. The molecule has 0 amide bonds. The number of rotatable bonds is 49. The zero-order chi connectivity index (χ0) is 47.9. The van der Waals surface area contributed by atoms with E-state index in [0.717, 1.165) is 109 Å². The Labute approximate surface area is 407 Å². The highest BCUT2D eigenvalue weighted by Crippen LogP contribution is 2.14. The SMILES string of the molecule is CC/C=C\C/C=C\C/C=C\C/C=C\C/C=C\CCCCCC(=O)OCC(COC(=O)CCCCCCC/C=C\CCCC)OC(=O)CCCCCCCCC/C=C\CCCCCCCCC. The molecule has 1 atom stereocenters. The van der Waals surface area contributed by atoms with Crippen LogP contribution in [0.4, 0.5) is 0 Å². The molecule has 0 radical (unpaired) electrons. The van der Waals surface area contributed by atoms with Gasteiger partial charge in [-0.3, -0.25) is 14.4 Å². The first-order valence-electron chi connectivity index (χ1n) is 27.6. The maximum absolute atomic E-state index is 12.8. The molecule has 0 saturated carbocycles. The fourth-order valence-corrected chi connectivity index (χ4v) is 7.44. The third-order valence-corrected chi connectivity index (χ3v) is 11.6. The molecule has 0 aliphatic heterocycles. The third-order valence-electron chi connectivity index (χ3n) is 11.6. The van der Waals surface area contributed by atoms with E-state index in [-0.39, 0.29) is 31.1 Å². The summed E-state index contributed by atoms with van der Waals surface area (Å²) in [5.41, 5.74) is 0. The number of carbonyl (C=O) groups excluding carboxylic acids is 3. The Morgan fingerprint density at radius 1 is 0.318 bits per heavy atom. The Morgan fingerprint density at radius 3 is 1.00 bits per heavy atom. The molecule has 0 aromatic heterocycles. The lowest BCUT2D eigenvalue weighted by molar-refractivity contribution is -0.167. The summed E-state index contributed by atoms with van der Waals surface area (Å²) in [5, 5.41) is 0. The second kappa shape index (κ2) is 54.2. The molecule has 0 saturated heterocycles. The Bertz CT molecular complexity index is 1290. The van der Waals surface area contributed by atoms with Crippen LogP contribution in [0.15, 0.2) is 85.1 Å². The summed E-state index contributed by atoms with van der Waals surface area (Å²) in [4.78, 5) is 38.0. The van der Waals surface area contributed by atoms with Crippen LogP contribution < -0.4 is 0 Å². The summed E-state index contributed by atoms with van der Waals surface area (Å²) in [6.45, 7) is 6.45. The Balaban J connectivity index is 4.42. The van der Waals surface area contributed by atoms with E-state index in [1.807, 2.05) is 0 Å². The molecule has 0 heterocycles. The van der Waals surface area contributed by atoms with Gasteiger partial charge >= 0.3 is 17.9 Å². The first-order valence-corrected chi connectivity index (χ1v) is 27.6. The number of ether oxygens (including phenoxy) is 3. The monoisotopic (exact) mass is 919 g/mol. The van der Waals surface area contributed by atoms with E-state index in [4.69, 9.17) is 14.2 Å². The lowest BCUT2D eigenvalue weighted by Gasteiger charge is -2.18. The minimum absolute atomic E-state index is 0.0935. The summed E-state index contributed by atoms with van der Waals surface area (Å²) < 4.78 is 16.8. The molecule has 0 aliphatic rings. The molecular weight excluding hydrogens is 817 g/mol. The van der Waals surface area contributed by atoms with Gasteiger partial charge in [-0.25, -0.2) is 0 Å². The molecule has 6 nitrogen and oxygen atoms in total. The minimum atomic E-state index is -0.796. The van der Waals surface area contributed by atoms with Crippen molar-refractivity contribution in [3.63, 3.8) is 0 Å². The molecule has 0 rings (SSSR count). The van der Waals surface area contributed by atoms with Gasteiger partial charge in [-0.15, -0.1) is 0 Å². The van der Waals surface area contributed by atoms with Crippen molar-refractivity contribution in [2.24, 2.45) is 0 Å². The van der Waals surface area contributed by atoms with Crippen LogP contribution in [0.25, 0.3) is 0 Å². The standard InChI is InChI=1S/C60H102O6/c1-4-7-10-13-16-19-22-24-26-28-30-32-33-35-38-41-44-47-50-53-59(62)65-56-57(55-64-58(61)52-49-46-43-40-37-21-18-15-12-9-6-3)66-60(63)54-51-48-45-42-39-36-34-31-29-27-25-23-20-17-14-11-8-5-2/h7,10,15-16,18-19,24,26-27,29-30,32,35,38,57H,4-6,8-9,11-14,17,20-23,25,28,31,33-34,36-37,39-56H2,1-3H3/b10-7-,18-15-,19-16-,26-24-,29-27-,32-30-,38-35-. The van der Waals surface area contributed by atoms with Crippen LogP contribution in [0, 0.1) is 0 Å². The van der Waals surface area contributed by atoms with Crippen molar-refractivity contribution >= 4 is 17.9 Å². The topological polar surface area (TPSA) is 78.9 Å². The van der Waals surface area contributed by atoms with Crippen molar-refractivity contribution in [2.75, 3.05) is 13.2 Å². The van der Waals surface area contributed by atoms with E-state index in [1.165, 1.54) is 109 Å². The van der Waals surface area contributed by atoms with Crippen molar-refractivity contribution in [3.8, 4) is 0 Å². The van der Waals surface area contributed by atoms with Crippen LogP contribution in [0.1, 0.15) is 258 Å². The summed E-state index contributed by atoms with van der Waals surface area (Å²) in [7, 11) is 0. The van der Waals surface area contributed by atoms with Gasteiger partial charge in [-0.2, -0.15) is 0 Å². The number of hydrogen-bond donors (Lipinski definition) is 0. The molecule has 0 aromatic rings. The lowest BCUT2D eigenvalue weighted by Crippen LogP contribution is -2.30. The molecule has 378 valence electrons. The molecule has 1 unspecified atom stereocenters.